The second kappa shape index (κ2) is 4.41. The van der Waals surface area contributed by atoms with Crippen LogP contribution in [0, 0.1) is 6.92 Å². The van der Waals surface area contributed by atoms with Crippen molar-refractivity contribution in [3.8, 4) is 11.4 Å². The van der Waals surface area contributed by atoms with Gasteiger partial charge in [-0.05, 0) is 68.6 Å². The van der Waals surface area contributed by atoms with Gasteiger partial charge in [-0.25, -0.2) is 9.97 Å². The number of nitrogens with zero attached hydrogens (tertiary/aromatic N) is 2. The number of hydrogen-bond donors (Lipinski definition) is 0. The van der Waals surface area contributed by atoms with Gasteiger partial charge in [0.05, 0.1) is 11.4 Å². The molecule has 0 spiro atoms. The normalized spacial score (nSPS) is 10.3. The van der Waals surface area contributed by atoms with Crippen LogP contribution < -0.4 is 0 Å². The Labute approximate surface area is 105 Å². The predicted octanol–water partition coefficient (Wildman–Crippen LogP) is 3.98. The molecule has 15 heavy (non-hydrogen) atoms. The van der Waals surface area contributed by atoms with E-state index in [1.165, 1.54) is 0 Å². The lowest BCUT2D eigenvalue weighted by Crippen LogP contribution is -1.89. The Morgan fingerprint density at radius 1 is 0.933 bits per heavy atom. The molecule has 0 saturated heterocycles. The number of rotatable bonds is 1. The van der Waals surface area contributed by atoms with Crippen LogP contribution in [0.15, 0.2) is 39.5 Å². The average Bonchev–Trinajstić information content (AvgIpc) is 2.16. The van der Waals surface area contributed by atoms with Crippen molar-refractivity contribution in [1.29, 1.82) is 0 Å². The van der Waals surface area contributed by atoms with Crippen LogP contribution in [0.5, 0.6) is 0 Å². The van der Waals surface area contributed by atoms with E-state index in [0.29, 0.717) is 0 Å². The summed E-state index contributed by atoms with van der Waals surface area (Å²) in [6.07, 6.45) is 0. The number of halogens is 2. The summed E-state index contributed by atoms with van der Waals surface area (Å²) in [7, 11) is 0. The van der Waals surface area contributed by atoms with E-state index in [-0.39, 0.29) is 0 Å². The van der Waals surface area contributed by atoms with Gasteiger partial charge in [0.15, 0.2) is 0 Å². The van der Waals surface area contributed by atoms with Crippen LogP contribution in [0.3, 0.4) is 0 Å². The summed E-state index contributed by atoms with van der Waals surface area (Å²) in [6, 6.07) is 9.78. The summed E-state index contributed by atoms with van der Waals surface area (Å²) in [5.74, 6) is 0. The largest absolute Gasteiger partial charge is 0.239 e. The third kappa shape index (κ3) is 2.63. The standard InChI is InChI=1S/C11H8Br2N2/c1-7-5-9(15-11(13)6-7)8-3-2-4-10(12)14-8/h2-6H,1H3. The Morgan fingerprint density at radius 2 is 1.67 bits per heavy atom. The Balaban J connectivity index is 2.54. The molecule has 0 aliphatic carbocycles. The lowest BCUT2D eigenvalue weighted by atomic mass is 10.2. The molecule has 0 aliphatic rings. The van der Waals surface area contributed by atoms with Gasteiger partial charge < -0.3 is 0 Å². The minimum absolute atomic E-state index is 0.819. The van der Waals surface area contributed by atoms with Gasteiger partial charge >= 0.3 is 0 Å². The molecule has 0 atom stereocenters. The molecule has 2 rings (SSSR count). The summed E-state index contributed by atoms with van der Waals surface area (Å²) in [4.78, 5) is 8.74. The number of aryl methyl sites for hydroxylation is 1. The Bertz CT molecular complexity index is 477. The number of hydrogen-bond acceptors (Lipinski definition) is 2. The fourth-order valence-electron chi connectivity index (χ4n) is 1.31. The highest BCUT2D eigenvalue weighted by molar-refractivity contribution is 9.10. The summed E-state index contributed by atoms with van der Waals surface area (Å²) < 4.78 is 1.65. The first-order valence-corrected chi connectivity index (χ1v) is 6.01. The van der Waals surface area contributed by atoms with Crippen LogP contribution in [0.25, 0.3) is 11.4 Å². The Morgan fingerprint density at radius 3 is 2.33 bits per heavy atom. The minimum Gasteiger partial charge on any atom is -0.239 e. The van der Waals surface area contributed by atoms with Gasteiger partial charge in [-0.1, -0.05) is 6.07 Å². The molecule has 2 aromatic rings. The summed E-state index contributed by atoms with van der Waals surface area (Å²) in [5.41, 5.74) is 2.91. The zero-order valence-corrected chi connectivity index (χ0v) is 11.2. The molecule has 0 aromatic carbocycles. The van der Waals surface area contributed by atoms with Crippen molar-refractivity contribution in [2.24, 2.45) is 0 Å². The van der Waals surface area contributed by atoms with Crippen LogP contribution >= 0.6 is 31.9 Å². The quantitative estimate of drug-likeness (QED) is 0.740. The zero-order valence-electron chi connectivity index (χ0n) is 8.04. The SMILES string of the molecule is Cc1cc(Br)nc(-c2cccc(Br)n2)c1. The van der Waals surface area contributed by atoms with Crippen LogP contribution in [0.4, 0.5) is 0 Å². The maximum Gasteiger partial charge on any atom is 0.107 e. The van der Waals surface area contributed by atoms with E-state index < -0.39 is 0 Å². The first-order valence-electron chi connectivity index (χ1n) is 4.42. The molecule has 0 radical (unpaired) electrons. The third-order valence-corrected chi connectivity index (χ3v) is 2.76. The molecular formula is C11H8Br2N2. The third-order valence-electron chi connectivity index (χ3n) is 1.92. The second-order valence-corrected chi connectivity index (χ2v) is 4.82. The maximum absolute atomic E-state index is 4.38. The number of aromatic nitrogens is 2. The summed E-state index contributed by atoms with van der Waals surface area (Å²) in [6.45, 7) is 2.04. The molecule has 0 bridgehead atoms. The van der Waals surface area contributed by atoms with Gasteiger partial charge in [0, 0.05) is 0 Å². The van der Waals surface area contributed by atoms with Gasteiger partial charge in [0.1, 0.15) is 9.21 Å². The molecule has 76 valence electrons. The van der Waals surface area contributed by atoms with Crippen molar-refractivity contribution in [3.63, 3.8) is 0 Å². The first kappa shape index (κ1) is 10.8. The van der Waals surface area contributed by atoms with E-state index in [4.69, 9.17) is 0 Å². The van der Waals surface area contributed by atoms with E-state index in [0.717, 1.165) is 26.2 Å². The maximum atomic E-state index is 4.38. The van der Waals surface area contributed by atoms with Crippen molar-refractivity contribution in [1.82, 2.24) is 9.97 Å². The van der Waals surface area contributed by atoms with Crippen molar-refractivity contribution in [2.45, 2.75) is 6.92 Å². The monoisotopic (exact) mass is 326 g/mol. The van der Waals surface area contributed by atoms with Crippen molar-refractivity contribution < 1.29 is 0 Å². The fourth-order valence-corrected chi connectivity index (χ4v) is 2.20. The molecular weight excluding hydrogens is 320 g/mol. The van der Waals surface area contributed by atoms with E-state index in [1.807, 2.05) is 37.3 Å². The lowest BCUT2D eigenvalue weighted by Gasteiger charge is -2.02. The highest BCUT2D eigenvalue weighted by atomic mass is 79.9. The topological polar surface area (TPSA) is 25.8 Å². The van der Waals surface area contributed by atoms with Gasteiger partial charge in [-0.3, -0.25) is 0 Å². The summed E-state index contributed by atoms with van der Waals surface area (Å²) in [5, 5.41) is 0. The van der Waals surface area contributed by atoms with Crippen LogP contribution in [-0.2, 0) is 0 Å². The average molecular weight is 328 g/mol. The van der Waals surface area contributed by atoms with Crippen LogP contribution in [0.1, 0.15) is 5.56 Å². The van der Waals surface area contributed by atoms with Crippen LogP contribution in [0.2, 0.25) is 0 Å². The fraction of sp³-hybridized carbons (Fsp3) is 0.0909. The van der Waals surface area contributed by atoms with Gasteiger partial charge in [-0.15, -0.1) is 0 Å². The highest BCUT2D eigenvalue weighted by Gasteiger charge is 2.03. The Kier molecular flexibility index (Phi) is 3.17. The smallest absolute Gasteiger partial charge is 0.107 e. The van der Waals surface area contributed by atoms with E-state index in [9.17, 15) is 0 Å². The minimum atomic E-state index is 0.819. The molecule has 0 saturated carbocycles. The molecule has 2 aromatic heterocycles. The van der Waals surface area contributed by atoms with E-state index in [1.54, 1.807) is 0 Å². The van der Waals surface area contributed by atoms with Gasteiger partial charge in [0.25, 0.3) is 0 Å². The van der Waals surface area contributed by atoms with E-state index >= 15 is 0 Å². The molecule has 0 N–H and O–H groups in total. The second-order valence-electron chi connectivity index (χ2n) is 3.20. The molecule has 0 aliphatic heterocycles. The van der Waals surface area contributed by atoms with Crippen molar-refractivity contribution in [2.75, 3.05) is 0 Å². The first-order chi connectivity index (χ1) is 7.15. The molecule has 0 amide bonds. The van der Waals surface area contributed by atoms with Crippen molar-refractivity contribution in [3.05, 3.63) is 45.1 Å². The Hall–Kier alpha value is -0.740. The lowest BCUT2D eigenvalue weighted by molar-refractivity contribution is 1.19. The van der Waals surface area contributed by atoms with E-state index in [2.05, 4.69) is 41.8 Å². The zero-order chi connectivity index (χ0) is 10.8. The summed E-state index contributed by atoms with van der Waals surface area (Å²) >= 11 is 6.72. The number of pyridine rings is 2. The van der Waals surface area contributed by atoms with Crippen LogP contribution in [-0.4, -0.2) is 9.97 Å². The molecule has 4 heteroatoms. The molecule has 0 unspecified atom stereocenters. The van der Waals surface area contributed by atoms with Gasteiger partial charge in [-0.2, -0.15) is 0 Å². The predicted molar refractivity (Wildman–Crippen MR) is 67.6 cm³/mol. The van der Waals surface area contributed by atoms with Gasteiger partial charge in [0.2, 0.25) is 0 Å². The molecule has 2 heterocycles. The molecule has 2 nitrogen and oxygen atoms in total. The van der Waals surface area contributed by atoms with Crippen molar-refractivity contribution >= 4 is 31.9 Å². The highest BCUT2D eigenvalue weighted by Crippen LogP contribution is 2.20. The molecule has 0 fully saturated rings.